The van der Waals surface area contributed by atoms with Crippen LogP contribution in [0.2, 0.25) is 0 Å². The zero-order chi connectivity index (χ0) is 26.9. The maximum atomic E-state index is 13.6. The second-order valence-corrected chi connectivity index (χ2v) is 11.0. The number of halogens is 1. The summed E-state index contributed by atoms with van der Waals surface area (Å²) in [6, 6.07) is 19.8. The van der Waals surface area contributed by atoms with E-state index in [2.05, 4.69) is 47.5 Å². The molecule has 1 saturated heterocycles. The van der Waals surface area contributed by atoms with Crippen molar-refractivity contribution in [3.63, 3.8) is 0 Å². The molecule has 3 atom stereocenters. The Bertz CT molecular complexity index is 1310. The average molecular weight is 517 g/mol. The van der Waals surface area contributed by atoms with Gasteiger partial charge in [-0.05, 0) is 72.6 Å². The highest BCUT2D eigenvalue weighted by atomic mass is 19.1. The molecule has 38 heavy (non-hydrogen) atoms. The standard InChI is InChI=1S/C31H37FN4O2/c1-31(25-11-12-25)20-35(15-16-36(31)30(38)27(33)18-21-8-13-26(32)14-9-21)28(29(37)34-2)19-22-7-10-23-5-3-4-6-24(23)17-22/h3-10,13-14,17,25,27-28H,11-12,15-16,18-20,33H2,1-2H3,(H,34,37). The molecule has 2 amide bonds. The van der Waals surface area contributed by atoms with Crippen molar-refractivity contribution in [3.8, 4) is 0 Å². The van der Waals surface area contributed by atoms with Crippen LogP contribution in [0, 0.1) is 11.7 Å². The van der Waals surface area contributed by atoms with Gasteiger partial charge in [-0.1, -0.05) is 54.6 Å². The molecule has 1 heterocycles. The number of hydrogen-bond donors (Lipinski definition) is 2. The number of carbonyl (C=O) groups is 2. The Morgan fingerprint density at radius 1 is 1.00 bits per heavy atom. The van der Waals surface area contributed by atoms with Crippen LogP contribution in [0.1, 0.15) is 30.9 Å². The lowest BCUT2D eigenvalue weighted by Crippen LogP contribution is -2.68. The Balaban J connectivity index is 1.34. The van der Waals surface area contributed by atoms with Gasteiger partial charge < -0.3 is 16.0 Å². The number of piperazine rings is 1. The van der Waals surface area contributed by atoms with Gasteiger partial charge in [-0.15, -0.1) is 0 Å². The fourth-order valence-electron chi connectivity index (χ4n) is 6.05. The van der Waals surface area contributed by atoms with Gasteiger partial charge in [0.25, 0.3) is 0 Å². The second-order valence-electron chi connectivity index (χ2n) is 11.0. The average Bonchev–Trinajstić information content (AvgIpc) is 3.78. The minimum Gasteiger partial charge on any atom is -0.358 e. The van der Waals surface area contributed by atoms with Crippen molar-refractivity contribution >= 4 is 22.6 Å². The van der Waals surface area contributed by atoms with Crippen LogP contribution in [-0.4, -0.2) is 65.9 Å². The molecular weight excluding hydrogens is 479 g/mol. The number of likely N-dealkylation sites (N-methyl/N-ethyl adjacent to an activating group) is 1. The Kier molecular flexibility index (Phi) is 7.50. The number of nitrogens with one attached hydrogen (secondary N) is 1. The maximum Gasteiger partial charge on any atom is 0.240 e. The van der Waals surface area contributed by atoms with E-state index in [1.165, 1.54) is 17.5 Å². The fraction of sp³-hybridized carbons (Fsp3) is 0.419. The van der Waals surface area contributed by atoms with Gasteiger partial charge in [0.15, 0.2) is 0 Å². The zero-order valence-corrected chi connectivity index (χ0v) is 22.2. The second kappa shape index (κ2) is 10.8. The lowest BCUT2D eigenvalue weighted by molar-refractivity contribution is -0.146. The lowest BCUT2D eigenvalue weighted by Gasteiger charge is -2.51. The molecule has 1 aliphatic heterocycles. The quantitative estimate of drug-likeness (QED) is 0.480. The van der Waals surface area contributed by atoms with Crippen molar-refractivity contribution in [1.82, 2.24) is 15.1 Å². The summed E-state index contributed by atoms with van der Waals surface area (Å²) in [6.07, 6.45) is 3.10. The summed E-state index contributed by atoms with van der Waals surface area (Å²) in [7, 11) is 1.68. The van der Waals surface area contributed by atoms with Crippen molar-refractivity contribution in [2.24, 2.45) is 11.7 Å². The number of carbonyl (C=O) groups excluding carboxylic acids is 2. The molecule has 3 aromatic rings. The molecule has 0 spiro atoms. The molecular formula is C31H37FN4O2. The number of fused-ring (bicyclic) bond motifs is 1. The third kappa shape index (κ3) is 5.45. The number of hydrogen-bond acceptors (Lipinski definition) is 4. The van der Waals surface area contributed by atoms with Gasteiger partial charge in [0.1, 0.15) is 5.82 Å². The van der Waals surface area contributed by atoms with Crippen LogP contribution in [0.25, 0.3) is 10.8 Å². The van der Waals surface area contributed by atoms with Gasteiger partial charge in [-0.25, -0.2) is 4.39 Å². The summed E-state index contributed by atoms with van der Waals surface area (Å²) < 4.78 is 13.3. The van der Waals surface area contributed by atoms with Crippen LogP contribution >= 0.6 is 0 Å². The van der Waals surface area contributed by atoms with E-state index in [1.807, 2.05) is 17.0 Å². The Hall–Kier alpha value is -3.29. The topological polar surface area (TPSA) is 78.7 Å². The van der Waals surface area contributed by atoms with Crippen molar-refractivity contribution in [2.45, 2.75) is 50.2 Å². The maximum absolute atomic E-state index is 13.6. The van der Waals surface area contributed by atoms with E-state index in [0.29, 0.717) is 38.4 Å². The summed E-state index contributed by atoms with van der Waals surface area (Å²) in [5, 5.41) is 5.21. The molecule has 1 saturated carbocycles. The molecule has 0 aromatic heterocycles. The first-order valence-corrected chi connectivity index (χ1v) is 13.5. The van der Waals surface area contributed by atoms with Crippen LogP contribution in [0.3, 0.4) is 0 Å². The Morgan fingerprint density at radius 2 is 1.68 bits per heavy atom. The molecule has 2 fully saturated rings. The van der Waals surface area contributed by atoms with E-state index < -0.39 is 11.6 Å². The minimum absolute atomic E-state index is 0.0101. The van der Waals surface area contributed by atoms with E-state index in [-0.39, 0.29) is 23.7 Å². The van der Waals surface area contributed by atoms with E-state index in [9.17, 15) is 14.0 Å². The number of benzene rings is 3. The summed E-state index contributed by atoms with van der Waals surface area (Å²) in [5.74, 6) is -0.00259. The monoisotopic (exact) mass is 516 g/mol. The molecule has 1 aliphatic carbocycles. The molecule has 2 aliphatic rings. The van der Waals surface area contributed by atoms with Crippen molar-refractivity contribution in [3.05, 3.63) is 83.7 Å². The number of rotatable bonds is 8. The predicted octanol–water partition coefficient (Wildman–Crippen LogP) is 3.52. The third-order valence-electron chi connectivity index (χ3n) is 8.39. The molecule has 200 valence electrons. The molecule has 0 bridgehead atoms. The largest absolute Gasteiger partial charge is 0.358 e. The zero-order valence-electron chi connectivity index (χ0n) is 22.2. The highest BCUT2D eigenvalue weighted by Gasteiger charge is 2.52. The lowest BCUT2D eigenvalue weighted by atomic mass is 9.87. The number of nitrogens with two attached hydrogens (primary N) is 1. The summed E-state index contributed by atoms with van der Waals surface area (Å²) >= 11 is 0. The van der Waals surface area contributed by atoms with Gasteiger partial charge >= 0.3 is 0 Å². The molecule has 7 heteroatoms. The molecule has 0 radical (unpaired) electrons. The molecule has 6 nitrogen and oxygen atoms in total. The summed E-state index contributed by atoms with van der Waals surface area (Å²) in [4.78, 5) is 31.0. The molecule has 3 unspecified atom stereocenters. The van der Waals surface area contributed by atoms with Gasteiger partial charge in [-0.3, -0.25) is 14.5 Å². The third-order valence-corrected chi connectivity index (χ3v) is 8.39. The van der Waals surface area contributed by atoms with Crippen molar-refractivity contribution in [2.75, 3.05) is 26.7 Å². The van der Waals surface area contributed by atoms with Gasteiger partial charge in [0.2, 0.25) is 11.8 Å². The van der Waals surface area contributed by atoms with E-state index >= 15 is 0 Å². The number of amides is 2. The van der Waals surface area contributed by atoms with E-state index in [4.69, 9.17) is 5.73 Å². The summed E-state index contributed by atoms with van der Waals surface area (Å²) in [6.45, 7) is 3.89. The van der Waals surface area contributed by atoms with E-state index in [0.717, 1.165) is 29.4 Å². The molecule has 5 rings (SSSR count). The van der Waals surface area contributed by atoms with Gasteiger partial charge in [-0.2, -0.15) is 0 Å². The molecule has 3 aromatic carbocycles. The molecule has 3 N–H and O–H groups in total. The van der Waals surface area contributed by atoms with Crippen LogP contribution in [0.15, 0.2) is 66.7 Å². The van der Waals surface area contributed by atoms with Crippen LogP contribution in [0.5, 0.6) is 0 Å². The summed E-state index contributed by atoms with van der Waals surface area (Å²) in [5.41, 5.74) is 7.97. The fourth-order valence-corrected chi connectivity index (χ4v) is 6.05. The van der Waals surface area contributed by atoms with Crippen molar-refractivity contribution < 1.29 is 14.0 Å². The smallest absolute Gasteiger partial charge is 0.240 e. The minimum atomic E-state index is -0.697. The Labute approximate surface area is 224 Å². The predicted molar refractivity (Wildman–Crippen MR) is 148 cm³/mol. The first-order chi connectivity index (χ1) is 18.3. The van der Waals surface area contributed by atoms with Crippen molar-refractivity contribution in [1.29, 1.82) is 0 Å². The normalized spacial score (nSPS) is 21.7. The highest BCUT2D eigenvalue weighted by molar-refractivity contribution is 5.85. The first-order valence-electron chi connectivity index (χ1n) is 13.5. The van der Waals surface area contributed by atoms with Crippen LogP contribution in [0.4, 0.5) is 4.39 Å². The van der Waals surface area contributed by atoms with Gasteiger partial charge in [0, 0.05) is 26.7 Å². The van der Waals surface area contributed by atoms with Gasteiger partial charge in [0.05, 0.1) is 17.6 Å². The SMILES string of the molecule is CNC(=O)C(Cc1ccc2ccccc2c1)N1CCN(C(=O)C(N)Cc2ccc(F)cc2)C(C)(C2CC2)C1. The highest BCUT2D eigenvalue weighted by Crippen LogP contribution is 2.45. The first kappa shape index (κ1) is 26.3. The van der Waals surface area contributed by atoms with Crippen LogP contribution in [-0.2, 0) is 22.4 Å². The van der Waals surface area contributed by atoms with E-state index in [1.54, 1.807) is 19.2 Å². The number of nitrogens with zero attached hydrogens (tertiary/aromatic N) is 2. The Morgan fingerprint density at radius 3 is 2.37 bits per heavy atom. The van der Waals surface area contributed by atoms with Crippen LogP contribution < -0.4 is 11.1 Å².